The minimum atomic E-state index is -1.29. The van der Waals surface area contributed by atoms with Gasteiger partial charge in [0, 0.05) is 13.3 Å². The summed E-state index contributed by atoms with van der Waals surface area (Å²) in [6.45, 7) is 5.76. The topological polar surface area (TPSA) is 162 Å². The molecular formula is C18H22N4O8S. The van der Waals surface area contributed by atoms with E-state index in [1.54, 1.807) is 13.8 Å². The van der Waals surface area contributed by atoms with Gasteiger partial charge in [0.2, 0.25) is 5.95 Å². The van der Waals surface area contributed by atoms with Gasteiger partial charge in [0.15, 0.2) is 24.1 Å². The van der Waals surface area contributed by atoms with Gasteiger partial charge in [-0.15, -0.1) is 0 Å². The number of thiazole rings is 1. The van der Waals surface area contributed by atoms with E-state index in [-0.39, 0.29) is 23.8 Å². The number of anilines is 1. The molecule has 168 valence electrons. The normalized spacial score (nSPS) is 23.1. The number of ketones is 1. The fraction of sp³-hybridized carbons (Fsp3) is 0.556. The Balaban J connectivity index is 2.09. The lowest BCUT2D eigenvalue weighted by Gasteiger charge is -2.24. The molecule has 1 aliphatic heterocycles. The van der Waals surface area contributed by atoms with Crippen molar-refractivity contribution < 1.29 is 33.3 Å². The van der Waals surface area contributed by atoms with Gasteiger partial charge in [-0.1, -0.05) is 11.3 Å². The molecule has 3 heterocycles. The molecule has 0 unspecified atom stereocenters. The summed E-state index contributed by atoms with van der Waals surface area (Å²) in [5.41, 5.74) is 5.82. The minimum absolute atomic E-state index is 0.0782. The van der Waals surface area contributed by atoms with Gasteiger partial charge in [-0.3, -0.25) is 19.0 Å². The highest BCUT2D eigenvalue weighted by atomic mass is 32.1. The summed E-state index contributed by atoms with van der Waals surface area (Å²) in [7, 11) is 0. The molecule has 2 aromatic heterocycles. The van der Waals surface area contributed by atoms with E-state index in [4.69, 9.17) is 24.7 Å². The number of ether oxygens (including phenoxy) is 4. The lowest BCUT2D eigenvalue weighted by molar-refractivity contribution is -0.154. The zero-order valence-corrected chi connectivity index (χ0v) is 18.1. The molecule has 4 atom stereocenters. The summed E-state index contributed by atoms with van der Waals surface area (Å²) in [5.74, 6) is -1.01. The van der Waals surface area contributed by atoms with Gasteiger partial charge in [0.05, 0.1) is 17.0 Å². The standard InChI is InChI=1S/C18H22N4O8S/c1-7(2)27-18(26)30-13-12(28-9(4)24)10(5-8(3)23)29-15(13)22-14-11(31-17(22)25)6-20-16(19)21-14/h6-7,10,12-13,15H,5H2,1-4H3,(H2,19,20,21)/t10-,12+,13-,15-/m1/s1. The van der Waals surface area contributed by atoms with E-state index in [1.165, 1.54) is 20.0 Å². The third kappa shape index (κ3) is 4.99. The molecule has 0 spiro atoms. The number of fused-ring (bicyclic) bond motifs is 1. The number of nitrogen functional groups attached to an aromatic ring is 1. The molecule has 0 bridgehead atoms. The quantitative estimate of drug-likeness (QED) is 0.623. The van der Waals surface area contributed by atoms with E-state index < -0.39 is 47.6 Å². The molecular weight excluding hydrogens is 432 g/mol. The minimum Gasteiger partial charge on any atom is -0.456 e. The molecule has 1 saturated heterocycles. The van der Waals surface area contributed by atoms with Crippen molar-refractivity contribution in [1.29, 1.82) is 0 Å². The predicted molar refractivity (Wildman–Crippen MR) is 107 cm³/mol. The van der Waals surface area contributed by atoms with E-state index in [0.29, 0.717) is 4.70 Å². The Morgan fingerprint density at radius 3 is 2.58 bits per heavy atom. The zero-order valence-electron chi connectivity index (χ0n) is 17.3. The number of hydrogen-bond donors (Lipinski definition) is 1. The number of nitrogens with zero attached hydrogens (tertiary/aromatic N) is 3. The molecule has 2 aromatic rings. The first-order valence-corrected chi connectivity index (χ1v) is 10.2. The molecule has 31 heavy (non-hydrogen) atoms. The number of carbonyl (C=O) groups excluding carboxylic acids is 3. The first-order chi connectivity index (χ1) is 14.6. The van der Waals surface area contributed by atoms with Crippen LogP contribution >= 0.6 is 11.3 Å². The van der Waals surface area contributed by atoms with Crippen LogP contribution in [0.1, 0.15) is 40.3 Å². The Morgan fingerprint density at radius 2 is 1.97 bits per heavy atom. The van der Waals surface area contributed by atoms with Crippen LogP contribution in [0.2, 0.25) is 0 Å². The number of aromatic nitrogens is 3. The second-order valence-electron chi connectivity index (χ2n) is 7.20. The zero-order chi connectivity index (χ0) is 22.9. The first-order valence-electron chi connectivity index (χ1n) is 9.39. The summed E-state index contributed by atoms with van der Waals surface area (Å²) in [6, 6.07) is 0. The van der Waals surface area contributed by atoms with E-state index in [0.717, 1.165) is 15.9 Å². The third-order valence-electron chi connectivity index (χ3n) is 4.27. The van der Waals surface area contributed by atoms with Crippen LogP contribution in [0.5, 0.6) is 0 Å². The molecule has 1 aliphatic rings. The fourth-order valence-corrected chi connectivity index (χ4v) is 4.05. The summed E-state index contributed by atoms with van der Waals surface area (Å²) in [6.07, 6.45) is -4.94. The maximum absolute atomic E-state index is 12.8. The van der Waals surface area contributed by atoms with Crippen molar-refractivity contribution in [2.75, 3.05) is 5.73 Å². The van der Waals surface area contributed by atoms with Crippen molar-refractivity contribution in [2.45, 2.75) is 64.8 Å². The van der Waals surface area contributed by atoms with Gasteiger partial charge in [0.25, 0.3) is 0 Å². The van der Waals surface area contributed by atoms with E-state index in [2.05, 4.69) is 9.97 Å². The number of Topliss-reactive ketones (excluding diaryl/α,β-unsaturated/α-hetero) is 1. The van der Waals surface area contributed by atoms with Crippen molar-refractivity contribution in [1.82, 2.24) is 14.5 Å². The number of hydrogen-bond acceptors (Lipinski definition) is 12. The number of rotatable bonds is 6. The summed E-state index contributed by atoms with van der Waals surface area (Å²) in [4.78, 5) is 55.9. The second-order valence-corrected chi connectivity index (χ2v) is 8.19. The summed E-state index contributed by atoms with van der Waals surface area (Å²) >= 11 is 0.837. The van der Waals surface area contributed by atoms with Gasteiger partial charge < -0.3 is 24.7 Å². The van der Waals surface area contributed by atoms with Crippen LogP contribution in [0.15, 0.2) is 11.0 Å². The van der Waals surface area contributed by atoms with Crippen molar-refractivity contribution >= 4 is 45.5 Å². The molecule has 1 fully saturated rings. The monoisotopic (exact) mass is 454 g/mol. The number of esters is 1. The average molecular weight is 454 g/mol. The third-order valence-corrected chi connectivity index (χ3v) is 5.15. The molecule has 0 radical (unpaired) electrons. The van der Waals surface area contributed by atoms with Gasteiger partial charge in [0.1, 0.15) is 11.9 Å². The lowest BCUT2D eigenvalue weighted by Crippen LogP contribution is -2.41. The van der Waals surface area contributed by atoms with E-state index in [9.17, 15) is 19.2 Å². The Bertz CT molecular complexity index is 1060. The van der Waals surface area contributed by atoms with Gasteiger partial charge in [-0.05, 0) is 20.8 Å². The van der Waals surface area contributed by atoms with Crippen LogP contribution in [-0.4, -0.2) is 56.9 Å². The highest BCUT2D eigenvalue weighted by Gasteiger charge is 2.52. The van der Waals surface area contributed by atoms with Gasteiger partial charge in [-0.2, -0.15) is 4.98 Å². The Labute approximate surface area is 180 Å². The van der Waals surface area contributed by atoms with Crippen LogP contribution in [0.4, 0.5) is 10.7 Å². The fourth-order valence-electron chi connectivity index (χ4n) is 3.23. The maximum atomic E-state index is 12.8. The highest BCUT2D eigenvalue weighted by Crippen LogP contribution is 2.37. The predicted octanol–water partition coefficient (Wildman–Crippen LogP) is 1.17. The van der Waals surface area contributed by atoms with Gasteiger partial charge >= 0.3 is 17.0 Å². The Kier molecular flexibility index (Phi) is 6.55. The van der Waals surface area contributed by atoms with Gasteiger partial charge in [-0.25, -0.2) is 9.78 Å². The molecule has 13 heteroatoms. The number of nitrogens with two attached hydrogens (primary N) is 1. The summed E-state index contributed by atoms with van der Waals surface area (Å²) in [5, 5.41) is 0. The molecule has 0 aliphatic carbocycles. The van der Waals surface area contributed by atoms with E-state index in [1.807, 2.05) is 0 Å². The van der Waals surface area contributed by atoms with Crippen molar-refractivity contribution in [3.8, 4) is 0 Å². The molecule has 2 N–H and O–H groups in total. The molecule has 0 saturated carbocycles. The Hall–Kier alpha value is -3.06. The van der Waals surface area contributed by atoms with Crippen LogP contribution in [0, 0.1) is 0 Å². The van der Waals surface area contributed by atoms with E-state index >= 15 is 0 Å². The van der Waals surface area contributed by atoms with Crippen LogP contribution in [-0.2, 0) is 28.5 Å². The molecule has 3 rings (SSSR count). The smallest absolute Gasteiger partial charge is 0.456 e. The highest BCUT2D eigenvalue weighted by molar-refractivity contribution is 7.16. The van der Waals surface area contributed by atoms with Crippen LogP contribution < -0.4 is 10.6 Å². The van der Waals surface area contributed by atoms with Crippen molar-refractivity contribution in [3.05, 3.63) is 15.9 Å². The maximum Gasteiger partial charge on any atom is 0.509 e. The Morgan fingerprint density at radius 1 is 1.26 bits per heavy atom. The number of carbonyl (C=O) groups is 3. The van der Waals surface area contributed by atoms with Crippen molar-refractivity contribution in [3.63, 3.8) is 0 Å². The van der Waals surface area contributed by atoms with Crippen LogP contribution in [0.3, 0.4) is 0 Å². The largest absolute Gasteiger partial charge is 0.509 e. The molecule has 0 amide bonds. The second kappa shape index (κ2) is 8.98. The van der Waals surface area contributed by atoms with Crippen LogP contribution in [0.25, 0.3) is 10.3 Å². The molecule has 0 aromatic carbocycles. The SMILES string of the molecule is CC(=O)C[C@H]1O[C@@H](n2c(=O)sc3cnc(N)nc32)[C@H](OC(=O)OC(C)C)[C@H]1OC(C)=O. The molecule has 12 nitrogen and oxygen atoms in total. The average Bonchev–Trinajstić information content (AvgIpc) is 3.10. The first kappa shape index (κ1) is 22.6. The lowest BCUT2D eigenvalue weighted by atomic mass is 10.1. The summed E-state index contributed by atoms with van der Waals surface area (Å²) < 4.78 is 23.2. The van der Waals surface area contributed by atoms with Crippen molar-refractivity contribution in [2.24, 2.45) is 0 Å².